The first-order valence-corrected chi connectivity index (χ1v) is 8.83. The van der Waals surface area contributed by atoms with E-state index in [2.05, 4.69) is 0 Å². The predicted molar refractivity (Wildman–Crippen MR) is 106 cm³/mol. The number of amides is 1. The second-order valence-electron chi connectivity index (χ2n) is 6.38. The molecule has 1 amide bonds. The normalized spacial score (nSPS) is 13.9. The molecule has 142 valence electrons. The highest BCUT2D eigenvalue weighted by molar-refractivity contribution is 6.59. The van der Waals surface area contributed by atoms with E-state index in [0.717, 1.165) is 17.4 Å². The molecular weight excluding hydrogens is 370 g/mol. The highest BCUT2D eigenvalue weighted by atomic mass is 16.5. The van der Waals surface area contributed by atoms with E-state index >= 15 is 0 Å². The van der Waals surface area contributed by atoms with Gasteiger partial charge in [-0.15, -0.1) is 0 Å². The number of benzene rings is 3. The van der Waals surface area contributed by atoms with Crippen LogP contribution >= 0.6 is 0 Å². The fraction of sp³-hybridized carbons (Fsp3) is 0.0435. The van der Waals surface area contributed by atoms with Crippen LogP contribution in [0, 0.1) is 0 Å². The Bertz CT molecular complexity index is 1200. The van der Waals surface area contributed by atoms with Crippen LogP contribution in [0.3, 0.4) is 0 Å². The number of rotatable bonds is 4. The van der Waals surface area contributed by atoms with Gasteiger partial charge >= 0.3 is 11.9 Å². The Morgan fingerprint density at radius 3 is 2.21 bits per heavy atom. The van der Waals surface area contributed by atoms with Gasteiger partial charge in [0.05, 0.1) is 12.8 Å². The van der Waals surface area contributed by atoms with Gasteiger partial charge in [-0.3, -0.25) is 19.3 Å². The molecule has 6 heteroatoms. The van der Waals surface area contributed by atoms with Gasteiger partial charge in [0.25, 0.3) is 5.78 Å². The van der Waals surface area contributed by atoms with Crippen LogP contribution in [0.2, 0.25) is 0 Å². The third kappa shape index (κ3) is 2.91. The summed E-state index contributed by atoms with van der Waals surface area (Å²) in [7, 11) is 1.13. The molecule has 1 aliphatic rings. The summed E-state index contributed by atoms with van der Waals surface area (Å²) in [5, 5.41) is 1.48. The minimum atomic E-state index is -1.04. The molecular formula is C23H15NO5. The van der Waals surface area contributed by atoms with Gasteiger partial charge in [-0.25, -0.2) is 4.79 Å². The number of hydrogen-bond acceptors (Lipinski definition) is 5. The van der Waals surface area contributed by atoms with Crippen LogP contribution in [0.4, 0.5) is 5.69 Å². The maximum absolute atomic E-state index is 13.0. The standard InChI is InChI=1S/C23H15NO5/c1-29-23(28)19-18(20(25)15-9-3-2-4-10-15)21(26)22(27)24(19)17-13-7-11-14-8-5-6-12-16(14)17/h2-13H,1H3. The fourth-order valence-electron chi connectivity index (χ4n) is 3.40. The molecule has 0 bridgehead atoms. The van der Waals surface area contributed by atoms with Crippen molar-refractivity contribution < 1.29 is 23.9 Å². The monoisotopic (exact) mass is 385 g/mol. The van der Waals surface area contributed by atoms with E-state index in [4.69, 9.17) is 4.74 Å². The zero-order chi connectivity index (χ0) is 20.5. The van der Waals surface area contributed by atoms with Crippen molar-refractivity contribution in [2.24, 2.45) is 0 Å². The lowest BCUT2D eigenvalue weighted by molar-refractivity contribution is -0.136. The summed E-state index contributed by atoms with van der Waals surface area (Å²) in [6, 6.07) is 20.4. The molecule has 0 unspecified atom stereocenters. The maximum atomic E-state index is 13.0. The number of carbonyl (C=O) groups excluding carboxylic acids is 4. The SMILES string of the molecule is COC(=O)C1=C(C(=O)c2ccccc2)C(=O)C(=O)N1c1cccc2ccccc12. The number of hydrogen-bond donors (Lipinski definition) is 0. The lowest BCUT2D eigenvalue weighted by Crippen LogP contribution is -2.32. The fourth-order valence-corrected chi connectivity index (χ4v) is 3.40. The van der Waals surface area contributed by atoms with Gasteiger partial charge in [0, 0.05) is 10.9 Å². The number of nitrogens with zero attached hydrogens (tertiary/aromatic N) is 1. The topological polar surface area (TPSA) is 80.8 Å². The summed E-state index contributed by atoms with van der Waals surface area (Å²) in [6.45, 7) is 0. The quantitative estimate of drug-likeness (QED) is 0.298. The van der Waals surface area contributed by atoms with Crippen molar-refractivity contribution in [3.05, 3.63) is 89.6 Å². The van der Waals surface area contributed by atoms with Crippen LogP contribution in [-0.2, 0) is 19.1 Å². The zero-order valence-corrected chi connectivity index (χ0v) is 15.4. The molecule has 0 N–H and O–H groups in total. The van der Waals surface area contributed by atoms with Gasteiger partial charge in [0.2, 0.25) is 0 Å². The van der Waals surface area contributed by atoms with Crippen LogP contribution in [0.15, 0.2) is 84.1 Å². The molecule has 1 heterocycles. The van der Waals surface area contributed by atoms with Crippen molar-refractivity contribution in [2.75, 3.05) is 12.0 Å². The van der Waals surface area contributed by atoms with Crippen molar-refractivity contribution >= 4 is 39.9 Å². The van der Waals surface area contributed by atoms with Gasteiger partial charge in [-0.2, -0.15) is 0 Å². The molecule has 4 rings (SSSR count). The molecule has 0 saturated carbocycles. The number of Topliss-reactive ketones (excluding diaryl/α,β-unsaturated/α-hetero) is 2. The Kier molecular flexibility index (Phi) is 4.52. The van der Waals surface area contributed by atoms with Gasteiger partial charge in [0.1, 0.15) is 5.57 Å². The highest BCUT2D eigenvalue weighted by Crippen LogP contribution is 2.35. The van der Waals surface area contributed by atoms with Gasteiger partial charge < -0.3 is 4.74 Å². The second kappa shape index (κ2) is 7.16. The average Bonchev–Trinajstić information content (AvgIpc) is 3.03. The van der Waals surface area contributed by atoms with E-state index in [9.17, 15) is 19.2 Å². The Labute approximate surface area is 166 Å². The average molecular weight is 385 g/mol. The molecule has 3 aromatic rings. The molecule has 0 radical (unpaired) electrons. The maximum Gasteiger partial charge on any atom is 0.356 e. The van der Waals surface area contributed by atoms with Crippen molar-refractivity contribution in [1.82, 2.24) is 0 Å². The summed E-state index contributed by atoms with van der Waals surface area (Å²) in [5.41, 5.74) is -0.323. The zero-order valence-electron chi connectivity index (χ0n) is 15.4. The minimum Gasteiger partial charge on any atom is -0.464 e. The first kappa shape index (κ1) is 18.3. The molecule has 0 atom stereocenters. The van der Waals surface area contributed by atoms with E-state index in [0.29, 0.717) is 11.1 Å². The molecule has 0 spiro atoms. The summed E-state index contributed by atoms with van der Waals surface area (Å²) in [4.78, 5) is 52.3. The van der Waals surface area contributed by atoms with E-state index < -0.39 is 29.0 Å². The lowest BCUT2D eigenvalue weighted by Gasteiger charge is -2.20. The first-order valence-electron chi connectivity index (χ1n) is 8.83. The smallest absolute Gasteiger partial charge is 0.356 e. The number of ketones is 2. The molecule has 0 aliphatic carbocycles. The van der Waals surface area contributed by atoms with Gasteiger partial charge in [-0.05, 0) is 11.5 Å². The molecule has 0 aromatic heterocycles. The minimum absolute atomic E-state index is 0.199. The summed E-state index contributed by atoms with van der Waals surface area (Å²) >= 11 is 0. The first-order chi connectivity index (χ1) is 14.0. The Hall–Kier alpha value is -4.06. The molecule has 0 saturated heterocycles. The summed E-state index contributed by atoms with van der Waals surface area (Å²) in [6.07, 6.45) is 0. The molecule has 0 fully saturated rings. The van der Waals surface area contributed by atoms with E-state index in [1.54, 1.807) is 42.5 Å². The van der Waals surface area contributed by atoms with E-state index in [-0.39, 0.29) is 11.3 Å². The number of methoxy groups -OCH3 is 1. The van der Waals surface area contributed by atoms with Crippen molar-refractivity contribution in [1.29, 1.82) is 0 Å². The van der Waals surface area contributed by atoms with E-state index in [1.165, 1.54) is 12.1 Å². The number of ether oxygens (including phenoxy) is 1. The lowest BCUT2D eigenvalue weighted by atomic mass is 10.00. The second-order valence-corrected chi connectivity index (χ2v) is 6.38. The van der Waals surface area contributed by atoms with Crippen molar-refractivity contribution in [3.63, 3.8) is 0 Å². The van der Waals surface area contributed by atoms with Crippen molar-refractivity contribution in [3.8, 4) is 0 Å². The Morgan fingerprint density at radius 1 is 0.828 bits per heavy atom. The predicted octanol–water partition coefficient (Wildman–Crippen LogP) is 3.07. The molecule has 3 aromatic carbocycles. The Morgan fingerprint density at radius 2 is 1.48 bits per heavy atom. The highest BCUT2D eigenvalue weighted by Gasteiger charge is 2.46. The third-order valence-electron chi connectivity index (χ3n) is 4.73. The van der Waals surface area contributed by atoms with Crippen LogP contribution in [0.1, 0.15) is 10.4 Å². The number of carbonyl (C=O) groups is 4. The third-order valence-corrected chi connectivity index (χ3v) is 4.73. The summed E-state index contributed by atoms with van der Waals surface area (Å²) < 4.78 is 4.82. The van der Waals surface area contributed by atoms with E-state index in [1.807, 2.05) is 18.2 Å². The van der Waals surface area contributed by atoms with Crippen LogP contribution in [0.25, 0.3) is 10.8 Å². The largest absolute Gasteiger partial charge is 0.464 e. The van der Waals surface area contributed by atoms with Crippen LogP contribution < -0.4 is 4.90 Å². The molecule has 6 nitrogen and oxygen atoms in total. The number of fused-ring (bicyclic) bond motifs is 1. The number of anilines is 1. The van der Waals surface area contributed by atoms with Gasteiger partial charge in [-0.1, -0.05) is 66.7 Å². The van der Waals surface area contributed by atoms with Crippen LogP contribution in [-0.4, -0.2) is 30.6 Å². The van der Waals surface area contributed by atoms with Crippen LogP contribution in [0.5, 0.6) is 0 Å². The molecule has 1 aliphatic heterocycles. The van der Waals surface area contributed by atoms with Crippen molar-refractivity contribution in [2.45, 2.75) is 0 Å². The Balaban J connectivity index is 1.97. The number of esters is 1. The molecule has 29 heavy (non-hydrogen) atoms. The van der Waals surface area contributed by atoms with Gasteiger partial charge in [0.15, 0.2) is 11.5 Å². The summed E-state index contributed by atoms with van der Waals surface area (Å²) in [5.74, 6) is -3.64.